The maximum atomic E-state index is 11.7. The molecule has 1 atom stereocenters. The van der Waals surface area contributed by atoms with Crippen LogP contribution in [0.15, 0.2) is 78.9 Å². The van der Waals surface area contributed by atoms with Crippen molar-refractivity contribution < 1.29 is 14.6 Å². The highest BCUT2D eigenvalue weighted by atomic mass is 35.5. The van der Waals surface area contributed by atoms with Gasteiger partial charge in [-0.15, -0.1) is 0 Å². The summed E-state index contributed by atoms with van der Waals surface area (Å²) in [6.45, 7) is 2.61. The third kappa shape index (κ3) is 7.58. The van der Waals surface area contributed by atoms with Crippen LogP contribution in [0.1, 0.15) is 49.4 Å². The van der Waals surface area contributed by atoms with Gasteiger partial charge < -0.3 is 15.2 Å². The summed E-state index contributed by atoms with van der Waals surface area (Å²) in [6.07, 6.45) is 6.53. The van der Waals surface area contributed by atoms with E-state index in [9.17, 15) is 9.90 Å². The Balaban J connectivity index is 1.41. The monoisotopic (exact) mass is 514 g/mol. The number of anilines is 1. The van der Waals surface area contributed by atoms with E-state index in [0.717, 1.165) is 52.7 Å². The molecule has 0 fully saturated rings. The lowest BCUT2D eigenvalue weighted by molar-refractivity contribution is -0.145. The largest absolute Gasteiger partial charge is 0.479 e. The zero-order valence-corrected chi connectivity index (χ0v) is 21.6. The number of pyridine rings is 1. The van der Waals surface area contributed by atoms with E-state index in [1.54, 1.807) is 0 Å². The van der Waals surface area contributed by atoms with Crippen LogP contribution in [-0.4, -0.2) is 22.2 Å². The lowest BCUT2D eigenvalue weighted by atomic mass is 10.1. The van der Waals surface area contributed by atoms with Gasteiger partial charge in [-0.05, 0) is 66.9 Å². The number of aromatic nitrogens is 1. The molecule has 1 heterocycles. The van der Waals surface area contributed by atoms with E-state index in [0.29, 0.717) is 23.7 Å². The van der Waals surface area contributed by atoms with Gasteiger partial charge in [-0.3, -0.25) is 0 Å². The molecule has 0 aliphatic heterocycles. The van der Waals surface area contributed by atoms with Gasteiger partial charge in [0.05, 0.1) is 11.2 Å². The van der Waals surface area contributed by atoms with Crippen LogP contribution >= 0.6 is 11.6 Å². The number of carboxylic acids is 1. The van der Waals surface area contributed by atoms with E-state index in [2.05, 4.69) is 23.3 Å². The SMILES string of the molecule is CCCCC[C@H](Oc1ccccc1CNc1cccc(/C=C/c2ccc3cc(Cl)ccc3n2)c1)C(=O)O. The molecular weight excluding hydrogens is 484 g/mol. The molecule has 4 aromatic rings. The molecule has 4 rings (SSSR count). The number of hydrogen-bond donors (Lipinski definition) is 2. The molecule has 0 bridgehead atoms. The molecule has 0 radical (unpaired) electrons. The number of nitrogens with zero attached hydrogens (tertiary/aromatic N) is 1. The van der Waals surface area contributed by atoms with E-state index >= 15 is 0 Å². The summed E-state index contributed by atoms with van der Waals surface area (Å²) in [5.74, 6) is -0.332. The van der Waals surface area contributed by atoms with Gasteiger partial charge in [-0.2, -0.15) is 0 Å². The smallest absolute Gasteiger partial charge is 0.344 e. The predicted octanol–water partition coefficient (Wildman–Crippen LogP) is 8.08. The Kier molecular flexibility index (Phi) is 9.17. The summed E-state index contributed by atoms with van der Waals surface area (Å²) in [5.41, 5.74) is 4.67. The van der Waals surface area contributed by atoms with Crippen molar-refractivity contribution in [2.45, 2.75) is 45.3 Å². The molecule has 0 amide bonds. The number of nitrogens with one attached hydrogen (secondary N) is 1. The summed E-state index contributed by atoms with van der Waals surface area (Å²) in [5, 5.41) is 14.7. The number of carboxylic acid groups (broad SMARTS) is 1. The molecular formula is C31H31ClN2O3. The van der Waals surface area contributed by atoms with Crippen LogP contribution in [0.2, 0.25) is 5.02 Å². The third-order valence-corrected chi connectivity index (χ3v) is 6.31. The molecule has 2 N–H and O–H groups in total. The lowest BCUT2D eigenvalue weighted by Gasteiger charge is -2.18. The van der Waals surface area contributed by atoms with Crippen LogP contribution in [0.4, 0.5) is 5.69 Å². The lowest BCUT2D eigenvalue weighted by Crippen LogP contribution is -2.27. The van der Waals surface area contributed by atoms with E-state index in [1.807, 2.05) is 84.9 Å². The minimum Gasteiger partial charge on any atom is -0.479 e. The Labute approximate surface area is 222 Å². The first kappa shape index (κ1) is 26.2. The number of ether oxygens (including phenoxy) is 1. The van der Waals surface area contributed by atoms with Crippen LogP contribution in [0.3, 0.4) is 0 Å². The minimum absolute atomic E-state index is 0.499. The molecule has 0 aliphatic rings. The van der Waals surface area contributed by atoms with Crippen LogP contribution in [0, 0.1) is 0 Å². The molecule has 37 heavy (non-hydrogen) atoms. The second kappa shape index (κ2) is 12.9. The van der Waals surface area contributed by atoms with Crippen LogP contribution in [0.5, 0.6) is 5.75 Å². The number of benzene rings is 3. The number of fused-ring (bicyclic) bond motifs is 1. The molecule has 0 unspecified atom stereocenters. The number of unbranched alkanes of at least 4 members (excludes halogenated alkanes) is 2. The maximum absolute atomic E-state index is 11.7. The van der Waals surface area contributed by atoms with Crippen molar-refractivity contribution in [2.24, 2.45) is 0 Å². The Morgan fingerprint density at radius 3 is 2.73 bits per heavy atom. The number of carbonyl (C=O) groups is 1. The fourth-order valence-corrected chi connectivity index (χ4v) is 4.25. The highest BCUT2D eigenvalue weighted by molar-refractivity contribution is 6.31. The first-order valence-corrected chi connectivity index (χ1v) is 13.0. The zero-order valence-electron chi connectivity index (χ0n) is 20.9. The second-order valence-corrected chi connectivity index (χ2v) is 9.37. The Morgan fingerprint density at radius 1 is 1.03 bits per heavy atom. The summed E-state index contributed by atoms with van der Waals surface area (Å²) in [6, 6.07) is 25.3. The van der Waals surface area contributed by atoms with Crippen molar-refractivity contribution in [1.29, 1.82) is 0 Å². The van der Waals surface area contributed by atoms with Gasteiger partial charge in [-0.1, -0.05) is 73.8 Å². The summed E-state index contributed by atoms with van der Waals surface area (Å²) in [7, 11) is 0. The van der Waals surface area contributed by atoms with Gasteiger partial charge in [0.15, 0.2) is 6.10 Å². The minimum atomic E-state index is -0.928. The number of hydrogen-bond acceptors (Lipinski definition) is 4. The maximum Gasteiger partial charge on any atom is 0.344 e. The molecule has 190 valence electrons. The van der Waals surface area contributed by atoms with Crippen molar-refractivity contribution in [1.82, 2.24) is 4.98 Å². The zero-order chi connectivity index (χ0) is 26.0. The Bertz CT molecular complexity index is 1390. The highest BCUT2D eigenvalue weighted by Gasteiger charge is 2.20. The number of para-hydroxylation sites is 1. The molecule has 0 saturated heterocycles. The number of aliphatic carboxylic acids is 1. The van der Waals surface area contributed by atoms with Gasteiger partial charge >= 0.3 is 5.97 Å². The predicted molar refractivity (Wildman–Crippen MR) is 152 cm³/mol. The van der Waals surface area contributed by atoms with E-state index < -0.39 is 12.1 Å². The van der Waals surface area contributed by atoms with Crippen LogP contribution < -0.4 is 10.1 Å². The molecule has 6 heteroatoms. The van der Waals surface area contributed by atoms with E-state index in [1.165, 1.54) is 0 Å². The summed E-state index contributed by atoms with van der Waals surface area (Å²) < 4.78 is 5.93. The van der Waals surface area contributed by atoms with E-state index in [-0.39, 0.29) is 0 Å². The Morgan fingerprint density at radius 2 is 1.89 bits per heavy atom. The standard InChI is InChI=1S/C31H31ClN2O3/c1-2-3-4-12-30(31(35)36)37-29-11-6-5-9-24(29)21-33-27-10-7-8-22(19-27)13-16-26-17-14-23-20-25(32)15-18-28(23)34-26/h5-11,13-20,30,33H,2-4,12,21H2,1H3,(H,35,36)/b16-13+/t30-/m0/s1. The number of halogens is 1. The Hall–Kier alpha value is -3.83. The molecule has 1 aromatic heterocycles. The van der Waals surface area contributed by atoms with Crippen molar-refractivity contribution in [3.8, 4) is 5.75 Å². The highest BCUT2D eigenvalue weighted by Crippen LogP contribution is 2.24. The van der Waals surface area contributed by atoms with Gasteiger partial charge in [0.2, 0.25) is 0 Å². The fourth-order valence-electron chi connectivity index (χ4n) is 4.07. The fraction of sp³-hybridized carbons (Fsp3) is 0.226. The molecule has 0 saturated carbocycles. The quantitative estimate of drug-likeness (QED) is 0.187. The van der Waals surface area contributed by atoms with Crippen molar-refractivity contribution >= 4 is 46.3 Å². The first-order valence-electron chi connectivity index (χ1n) is 12.6. The average molecular weight is 515 g/mol. The van der Waals surface area contributed by atoms with Crippen LogP contribution in [-0.2, 0) is 11.3 Å². The molecule has 0 aliphatic carbocycles. The average Bonchev–Trinajstić information content (AvgIpc) is 2.91. The summed E-state index contributed by atoms with van der Waals surface area (Å²) >= 11 is 6.07. The topological polar surface area (TPSA) is 71.5 Å². The van der Waals surface area contributed by atoms with Gasteiger partial charge in [0, 0.05) is 28.2 Å². The van der Waals surface area contributed by atoms with E-state index in [4.69, 9.17) is 16.3 Å². The van der Waals surface area contributed by atoms with Crippen molar-refractivity contribution in [3.63, 3.8) is 0 Å². The van der Waals surface area contributed by atoms with Gasteiger partial charge in [0.25, 0.3) is 0 Å². The normalized spacial score (nSPS) is 12.1. The number of rotatable bonds is 12. The summed E-state index contributed by atoms with van der Waals surface area (Å²) in [4.78, 5) is 16.4. The molecule has 5 nitrogen and oxygen atoms in total. The second-order valence-electron chi connectivity index (χ2n) is 8.93. The molecule has 0 spiro atoms. The van der Waals surface area contributed by atoms with Crippen molar-refractivity contribution in [2.75, 3.05) is 5.32 Å². The van der Waals surface area contributed by atoms with Crippen LogP contribution in [0.25, 0.3) is 23.1 Å². The first-order chi connectivity index (χ1) is 18.0. The third-order valence-electron chi connectivity index (χ3n) is 6.08. The van der Waals surface area contributed by atoms with Crippen molar-refractivity contribution in [3.05, 3.63) is 101 Å². The van der Waals surface area contributed by atoms with Gasteiger partial charge in [-0.25, -0.2) is 9.78 Å². The molecule has 3 aromatic carbocycles. The van der Waals surface area contributed by atoms with Gasteiger partial charge in [0.1, 0.15) is 5.75 Å².